The predicted octanol–water partition coefficient (Wildman–Crippen LogP) is 4.93. The quantitative estimate of drug-likeness (QED) is 0.422. The maximum absolute atomic E-state index is 15.0. The maximum Gasteiger partial charge on any atom is 0.310 e. The molecule has 2 N–H and O–H groups in total. The Morgan fingerprint density at radius 3 is 2.47 bits per heavy atom. The van der Waals surface area contributed by atoms with Crippen molar-refractivity contribution < 1.29 is 31.8 Å². The summed E-state index contributed by atoms with van der Waals surface area (Å²) < 4.78 is 61.2. The molecule has 1 fully saturated rings. The highest BCUT2D eigenvalue weighted by Crippen LogP contribution is 2.43. The third-order valence-electron chi connectivity index (χ3n) is 6.50. The van der Waals surface area contributed by atoms with E-state index in [0.29, 0.717) is 12.0 Å². The molecule has 1 aliphatic carbocycles. The van der Waals surface area contributed by atoms with Crippen LogP contribution in [0.2, 0.25) is 0 Å². The number of para-hydroxylation sites is 1. The zero-order valence-corrected chi connectivity index (χ0v) is 20.5. The van der Waals surface area contributed by atoms with Gasteiger partial charge in [-0.2, -0.15) is 0 Å². The van der Waals surface area contributed by atoms with Gasteiger partial charge in [-0.3, -0.25) is 4.79 Å². The van der Waals surface area contributed by atoms with E-state index in [1.54, 1.807) is 6.07 Å². The number of benzene rings is 3. The summed E-state index contributed by atoms with van der Waals surface area (Å²) in [5, 5.41) is 10.0. The first-order chi connectivity index (χ1) is 17.1. The average Bonchev–Trinajstić information content (AvgIpc) is 3.22. The number of rotatable bonds is 9. The molecule has 1 saturated carbocycles. The van der Waals surface area contributed by atoms with Gasteiger partial charge >= 0.3 is 5.97 Å². The second kappa shape index (κ2) is 10.4. The van der Waals surface area contributed by atoms with Crippen molar-refractivity contribution in [3.8, 4) is 16.9 Å². The van der Waals surface area contributed by atoms with Crippen LogP contribution >= 0.6 is 0 Å². The van der Waals surface area contributed by atoms with Crippen molar-refractivity contribution in [3.05, 3.63) is 89.5 Å². The fraction of sp³-hybridized carbons (Fsp3) is 0.296. The number of sulfonamides is 1. The number of aliphatic carboxylic acids is 1. The van der Waals surface area contributed by atoms with Crippen LogP contribution in [-0.4, -0.2) is 31.8 Å². The molecule has 0 spiro atoms. The number of ether oxygens (including phenoxy) is 1. The molecule has 9 heteroatoms. The first-order valence-corrected chi connectivity index (χ1v) is 13.4. The number of hydrogen-bond acceptors (Lipinski definition) is 4. The van der Waals surface area contributed by atoms with Gasteiger partial charge in [-0.15, -0.1) is 0 Å². The van der Waals surface area contributed by atoms with E-state index in [-0.39, 0.29) is 42.7 Å². The molecule has 190 valence electrons. The average molecular weight is 516 g/mol. The summed E-state index contributed by atoms with van der Waals surface area (Å²) in [6.07, 6.45) is 1.89. The topological polar surface area (TPSA) is 92.7 Å². The molecule has 0 bridgehead atoms. The largest absolute Gasteiger partial charge is 0.485 e. The van der Waals surface area contributed by atoms with Crippen molar-refractivity contribution in [1.82, 2.24) is 4.72 Å². The molecule has 0 amide bonds. The molecule has 0 aromatic heterocycles. The number of carboxylic acids is 1. The molecular weight excluding hydrogens is 488 g/mol. The first kappa shape index (κ1) is 25.8. The van der Waals surface area contributed by atoms with E-state index in [1.165, 1.54) is 30.3 Å². The lowest BCUT2D eigenvalue weighted by atomic mass is 9.79. The Kier molecular flexibility index (Phi) is 7.42. The molecule has 0 heterocycles. The molecule has 4 rings (SSSR count). The van der Waals surface area contributed by atoms with E-state index in [1.807, 2.05) is 30.3 Å². The highest BCUT2D eigenvalue weighted by atomic mass is 32.2. The SMILES string of the molecule is CS(=O)(=O)N[C@H]1CC[C@](Cc2ccc(F)c(-c3cccc(F)c3OCc3ccccc3)c2)(C(=O)O)C1. The van der Waals surface area contributed by atoms with Crippen LogP contribution in [0.5, 0.6) is 5.75 Å². The van der Waals surface area contributed by atoms with E-state index in [9.17, 15) is 27.1 Å². The van der Waals surface area contributed by atoms with Crippen molar-refractivity contribution in [2.24, 2.45) is 5.41 Å². The van der Waals surface area contributed by atoms with Crippen LogP contribution in [0.25, 0.3) is 11.1 Å². The fourth-order valence-corrected chi connectivity index (χ4v) is 5.64. The van der Waals surface area contributed by atoms with Gasteiger partial charge in [0.2, 0.25) is 10.0 Å². The highest BCUT2D eigenvalue weighted by Gasteiger charge is 2.46. The van der Waals surface area contributed by atoms with Crippen LogP contribution in [0, 0.1) is 17.0 Å². The van der Waals surface area contributed by atoms with Gasteiger partial charge in [-0.25, -0.2) is 21.9 Å². The minimum Gasteiger partial charge on any atom is -0.485 e. The molecule has 0 aliphatic heterocycles. The summed E-state index contributed by atoms with van der Waals surface area (Å²) >= 11 is 0. The number of halogens is 2. The molecule has 2 atom stereocenters. The van der Waals surface area contributed by atoms with E-state index in [0.717, 1.165) is 11.8 Å². The smallest absolute Gasteiger partial charge is 0.310 e. The standard InChI is InChI=1S/C27H27F2NO5S/c1-36(33,34)30-20-12-13-27(16-20,26(31)32)15-19-10-11-23(28)22(14-19)21-8-5-9-24(29)25(21)35-17-18-6-3-2-4-7-18/h2-11,14,20,30H,12-13,15-17H2,1H3,(H,31,32)/t20-,27+/m0/s1. The zero-order valence-electron chi connectivity index (χ0n) is 19.7. The van der Waals surface area contributed by atoms with Gasteiger partial charge in [0, 0.05) is 17.2 Å². The Bertz CT molecular complexity index is 1360. The van der Waals surface area contributed by atoms with Gasteiger partial charge in [0.15, 0.2) is 11.6 Å². The number of nitrogens with one attached hydrogen (secondary N) is 1. The third-order valence-corrected chi connectivity index (χ3v) is 7.26. The fourth-order valence-electron chi connectivity index (χ4n) is 4.84. The van der Waals surface area contributed by atoms with Crippen LogP contribution in [-0.2, 0) is 27.8 Å². The van der Waals surface area contributed by atoms with Gasteiger partial charge in [-0.1, -0.05) is 48.5 Å². The van der Waals surface area contributed by atoms with Crippen molar-refractivity contribution in [3.63, 3.8) is 0 Å². The van der Waals surface area contributed by atoms with Crippen LogP contribution < -0.4 is 9.46 Å². The van der Waals surface area contributed by atoms with Crippen LogP contribution in [0.1, 0.15) is 30.4 Å². The van der Waals surface area contributed by atoms with E-state index in [4.69, 9.17) is 4.74 Å². The minimum atomic E-state index is -3.48. The Morgan fingerprint density at radius 2 is 1.78 bits per heavy atom. The van der Waals surface area contributed by atoms with Gasteiger partial charge in [0.05, 0.1) is 11.7 Å². The summed E-state index contributed by atoms with van der Waals surface area (Å²) in [6.45, 7) is 0.0902. The summed E-state index contributed by atoms with van der Waals surface area (Å²) in [6, 6.07) is 17.2. The lowest BCUT2D eigenvalue weighted by Gasteiger charge is -2.25. The molecule has 36 heavy (non-hydrogen) atoms. The molecule has 0 radical (unpaired) electrons. The zero-order chi connectivity index (χ0) is 25.9. The molecular formula is C27H27F2NO5S. The Balaban J connectivity index is 1.63. The molecule has 3 aromatic rings. The third kappa shape index (κ3) is 5.91. The minimum absolute atomic E-state index is 0.0765. The Labute approximate surface area is 209 Å². The second-order valence-corrected chi connectivity index (χ2v) is 11.1. The molecule has 6 nitrogen and oxygen atoms in total. The Hall–Kier alpha value is -3.30. The second-order valence-electron chi connectivity index (χ2n) is 9.30. The number of carboxylic acid groups (broad SMARTS) is 1. The molecule has 3 aromatic carbocycles. The first-order valence-electron chi connectivity index (χ1n) is 11.5. The van der Waals surface area contributed by atoms with Crippen LogP contribution in [0.3, 0.4) is 0 Å². The number of carbonyl (C=O) groups is 1. The monoisotopic (exact) mass is 515 g/mol. The lowest BCUT2D eigenvalue weighted by Crippen LogP contribution is -2.36. The van der Waals surface area contributed by atoms with Gasteiger partial charge < -0.3 is 9.84 Å². The predicted molar refractivity (Wildman–Crippen MR) is 132 cm³/mol. The normalized spacial score (nSPS) is 19.8. The maximum atomic E-state index is 15.0. The van der Waals surface area contributed by atoms with Crippen molar-refractivity contribution in [2.75, 3.05) is 6.26 Å². The van der Waals surface area contributed by atoms with Crippen LogP contribution in [0.15, 0.2) is 66.7 Å². The summed E-state index contributed by atoms with van der Waals surface area (Å²) in [7, 11) is -3.48. The highest BCUT2D eigenvalue weighted by molar-refractivity contribution is 7.88. The van der Waals surface area contributed by atoms with Crippen molar-refractivity contribution in [2.45, 2.75) is 38.3 Å². The summed E-state index contributed by atoms with van der Waals surface area (Å²) in [5.74, 6) is -2.37. The van der Waals surface area contributed by atoms with Crippen LogP contribution in [0.4, 0.5) is 8.78 Å². The van der Waals surface area contributed by atoms with Gasteiger partial charge in [-0.05, 0) is 55.0 Å². The molecule has 1 aliphatic rings. The Morgan fingerprint density at radius 1 is 1.03 bits per heavy atom. The van der Waals surface area contributed by atoms with E-state index < -0.39 is 39.1 Å². The summed E-state index contributed by atoms with van der Waals surface area (Å²) in [5.41, 5.74) is 0.485. The lowest BCUT2D eigenvalue weighted by molar-refractivity contribution is -0.148. The van der Waals surface area contributed by atoms with E-state index in [2.05, 4.69) is 4.72 Å². The molecule has 0 saturated heterocycles. The van der Waals surface area contributed by atoms with Crippen molar-refractivity contribution in [1.29, 1.82) is 0 Å². The van der Waals surface area contributed by atoms with E-state index >= 15 is 0 Å². The molecule has 0 unspecified atom stereocenters. The number of hydrogen-bond donors (Lipinski definition) is 2. The summed E-state index contributed by atoms with van der Waals surface area (Å²) in [4.78, 5) is 12.3. The van der Waals surface area contributed by atoms with Crippen molar-refractivity contribution >= 4 is 16.0 Å². The van der Waals surface area contributed by atoms with Gasteiger partial charge in [0.1, 0.15) is 12.4 Å². The van der Waals surface area contributed by atoms with Gasteiger partial charge in [0.25, 0.3) is 0 Å².